The smallest absolute Gasteiger partial charge is 0.275 e. The van der Waals surface area contributed by atoms with Crippen LogP contribution in [0.3, 0.4) is 0 Å². The van der Waals surface area contributed by atoms with Crippen LogP contribution in [0.4, 0.5) is 5.69 Å². The lowest BCUT2D eigenvalue weighted by molar-refractivity contribution is 0.102. The number of thiazole rings is 1. The third-order valence-electron chi connectivity index (χ3n) is 2.59. The molecule has 94 valence electrons. The molecular formula is C13H15N3OS. The highest BCUT2D eigenvalue weighted by Crippen LogP contribution is 2.17. The van der Waals surface area contributed by atoms with Gasteiger partial charge in [-0.05, 0) is 25.5 Å². The molecule has 0 fully saturated rings. The van der Waals surface area contributed by atoms with Crippen LogP contribution in [0.5, 0.6) is 0 Å². The average Bonchev–Trinajstić information content (AvgIpc) is 2.81. The molecule has 2 rings (SSSR count). The predicted octanol–water partition coefficient (Wildman–Crippen LogP) is 2.47. The third-order valence-corrected chi connectivity index (χ3v) is 3.46. The second-order valence-electron chi connectivity index (χ2n) is 4.10. The fraction of sp³-hybridized carbons (Fsp3) is 0.231. The summed E-state index contributed by atoms with van der Waals surface area (Å²) in [6.07, 6.45) is 0. The SMILES string of the molecule is Cc1ccc(NC(=O)c2csc(CN)n2)c(C)c1. The van der Waals surface area contributed by atoms with Crippen molar-refractivity contribution in [3.05, 3.63) is 45.4 Å². The highest BCUT2D eigenvalue weighted by molar-refractivity contribution is 7.09. The number of rotatable bonds is 3. The van der Waals surface area contributed by atoms with Crippen LogP contribution in [0.15, 0.2) is 23.6 Å². The normalized spacial score (nSPS) is 10.4. The van der Waals surface area contributed by atoms with Crippen molar-refractivity contribution < 1.29 is 4.79 Å². The van der Waals surface area contributed by atoms with Crippen LogP contribution < -0.4 is 11.1 Å². The summed E-state index contributed by atoms with van der Waals surface area (Å²) in [6.45, 7) is 4.35. The van der Waals surface area contributed by atoms with E-state index in [4.69, 9.17) is 5.73 Å². The molecule has 2 aromatic rings. The van der Waals surface area contributed by atoms with Crippen molar-refractivity contribution in [2.24, 2.45) is 5.73 Å². The molecule has 0 spiro atoms. The fourth-order valence-electron chi connectivity index (χ4n) is 1.65. The monoisotopic (exact) mass is 261 g/mol. The lowest BCUT2D eigenvalue weighted by Gasteiger charge is -2.07. The molecule has 0 atom stereocenters. The Balaban J connectivity index is 2.16. The lowest BCUT2D eigenvalue weighted by Crippen LogP contribution is -2.13. The molecule has 3 N–H and O–H groups in total. The number of hydrogen-bond acceptors (Lipinski definition) is 4. The molecule has 0 aliphatic heterocycles. The first kappa shape index (κ1) is 12.7. The summed E-state index contributed by atoms with van der Waals surface area (Å²) in [5, 5.41) is 5.34. The largest absolute Gasteiger partial charge is 0.325 e. The Bertz CT molecular complexity index is 577. The molecule has 0 aliphatic rings. The van der Waals surface area contributed by atoms with Crippen molar-refractivity contribution in [3.63, 3.8) is 0 Å². The average molecular weight is 261 g/mol. The standard InChI is InChI=1S/C13H15N3OS/c1-8-3-4-10(9(2)5-8)16-13(17)11-7-18-12(6-14)15-11/h3-5,7H,6,14H2,1-2H3,(H,16,17). The van der Waals surface area contributed by atoms with Crippen molar-refractivity contribution in [1.29, 1.82) is 0 Å². The Labute approximate surface area is 110 Å². The van der Waals surface area contributed by atoms with Gasteiger partial charge >= 0.3 is 0 Å². The lowest BCUT2D eigenvalue weighted by atomic mass is 10.1. The van der Waals surface area contributed by atoms with E-state index in [9.17, 15) is 4.79 Å². The fourth-order valence-corrected chi connectivity index (χ4v) is 2.30. The van der Waals surface area contributed by atoms with Gasteiger partial charge in [-0.3, -0.25) is 4.79 Å². The van der Waals surface area contributed by atoms with Gasteiger partial charge in [0.15, 0.2) is 0 Å². The number of benzene rings is 1. The topological polar surface area (TPSA) is 68.0 Å². The van der Waals surface area contributed by atoms with E-state index >= 15 is 0 Å². The van der Waals surface area contributed by atoms with Crippen LogP contribution in [-0.2, 0) is 6.54 Å². The van der Waals surface area contributed by atoms with Crippen LogP contribution in [0.25, 0.3) is 0 Å². The molecule has 5 heteroatoms. The van der Waals surface area contributed by atoms with Gasteiger partial charge in [0.2, 0.25) is 0 Å². The van der Waals surface area contributed by atoms with E-state index in [1.165, 1.54) is 16.9 Å². The number of nitrogens with one attached hydrogen (secondary N) is 1. The maximum atomic E-state index is 12.0. The first-order chi connectivity index (χ1) is 8.60. The van der Waals surface area contributed by atoms with E-state index < -0.39 is 0 Å². The number of nitrogens with two attached hydrogens (primary N) is 1. The molecule has 1 amide bonds. The number of aromatic nitrogens is 1. The van der Waals surface area contributed by atoms with Crippen molar-refractivity contribution in [1.82, 2.24) is 4.98 Å². The van der Waals surface area contributed by atoms with Gasteiger partial charge in [0.25, 0.3) is 5.91 Å². The van der Waals surface area contributed by atoms with Crippen molar-refractivity contribution in [2.75, 3.05) is 5.32 Å². The minimum absolute atomic E-state index is 0.196. The van der Waals surface area contributed by atoms with Gasteiger partial charge in [-0.15, -0.1) is 11.3 Å². The number of carbonyl (C=O) groups is 1. The molecule has 4 nitrogen and oxygen atoms in total. The van der Waals surface area contributed by atoms with E-state index in [2.05, 4.69) is 10.3 Å². The van der Waals surface area contributed by atoms with Gasteiger partial charge in [-0.25, -0.2) is 4.98 Å². The quantitative estimate of drug-likeness (QED) is 0.891. The van der Waals surface area contributed by atoms with E-state index in [1.807, 2.05) is 32.0 Å². The number of nitrogens with zero attached hydrogens (tertiary/aromatic N) is 1. The summed E-state index contributed by atoms with van der Waals surface area (Å²) in [7, 11) is 0. The molecule has 1 aromatic carbocycles. The molecule has 0 unspecified atom stereocenters. The zero-order chi connectivity index (χ0) is 13.1. The summed E-state index contributed by atoms with van der Waals surface area (Å²) >= 11 is 1.40. The summed E-state index contributed by atoms with van der Waals surface area (Å²) in [4.78, 5) is 16.1. The number of anilines is 1. The third kappa shape index (κ3) is 2.75. The Hall–Kier alpha value is -1.72. The zero-order valence-electron chi connectivity index (χ0n) is 10.4. The number of aryl methyl sites for hydroxylation is 2. The van der Waals surface area contributed by atoms with Gasteiger partial charge in [0.05, 0.1) is 0 Å². The summed E-state index contributed by atoms with van der Waals surface area (Å²) in [5.74, 6) is -0.196. The molecule has 0 saturated heterocycles. The molecule has 0 radical (unpaired) electrons. The molecule has 1 heterocycles. The minimum atomic E-state index is -0.196. The van der Waals surface area contributed by atoms with E-state index in [0.29, 0.717) is 12.2 Å². The van der Waals surface area contributed by atoms with E-state index in [1.54, 1.807) is 5.38 Å². The molecule has 0 bridgehead atoms. The van der Waals surface area contributed by atoms with Gasteiger partial charge in [0, 0.05) is 17.6 Å². The van der Waals surface area contributed by atoms with E-state index in [-0.39, 0.29) is 5.91 Å². The molecule has 18 heavy (non-hydrogen) atoms. The zero-order valence-corrected chi connectivity index (χ0v) is 11.2. The van der Waals surface area contributed by atoms with Gasteiger partial charge in [-0.2, -0.15) is 0 Å². The van der Waals surface area contributed by atoms with Crippen molar-refractivity contribution in [2.45, 2.75) is 20.4 Å². The predicted molar refractivity (Wildman–Crippen MR) is 73.9 cm³/mol. The van der Waals surface area contributed by atoms with E-state index in [0.717, 1.165) is 16.3 Å². The molecular weight excluding hydrogens is 246 g/mol. The van der Waals surface area contributed by atoms with Gasteiger partial charge < -0.3 is 11.1 Å². The Morgan fingerprint density at radius 1 is 1.44 bits per heavy atom. The molecule has 0 saturated carbocycles. The van der Waals surface area contributed by atoms with Crippen molar-refractivity contribution >= 4 is 22.9 Å². The van der Waals surface area contributed by atoms with Crippen LogP contribution in [-0.4, -0.2) is 10.9 Å². The number of amides is 1. The minimum Gasteiger partial charge on any atom is -0.325 e. The highest BCUT2D eigenvalue weighted by Gasteiger charge is 2.11. The summed E-state index contributed by atoms with van der Waals surface area (Å²) in [5.41, 5.74) is 8.91. The van der Waals surface area contributed by atoms with Crippen molar-refractivity contribution in [3.8, 4) is 0 Å². The number of carbonyl (C=O) groups excluding carboxylic acids is 1. The second-order valence-corrected chi connectivity index (χ2v) is 5.05. The first-order valence-electron chi connectivity index (χ1n) is 5.63. The van der Waals surface area contributed by atoms with Gasteiger partial charge in [0.1, 0.15) is 10.7 Å². The van der Waals surface area contributed by atoms with Crippen LogP contribution in [0.1, 0.15) is 26.6 Å². The molecule has 1 aromatic heterocycles. The maximum Gasteiger partial charge on any atom is 0.275 e. The van der Waals surface area contributed by atoms with Crippen LogP contribution in [0.2, 0.25) is 0 Å². The Kier molecular flexibility index (Phi) is 3.74. The Morgan fingerprint density at radius 3 is 2.83 bits per heavy atom. The highest BCUT2D eigenvalue weighted by atomic mass is 32.1. The second kappa shape index (κ2) is 5.29. The van der Waals surface area contributed by atoms with Crippen LogP contribution in [0, 0.1) is 13.8 Å². The maximum absolute atomic E-state index is 12.0. The van der Waals surface area contributed by atoms with Gasteiger partial charge in [-0.1, -0.05) is 17.7 Å². The van der Waals surface area contributed by atoms with Crippen LogP contribution >= 0.6 is 11.3 Å². The first-order valence-corrected chi connectivity index (χ1v) is 6.51. The Morgan fingerprint density at radius 2 is 2.22 bits per heavy atom. The molecule has 0 aliphatic carbocycles. The number of hydrogen-bond donors (Lipinski definition) is 2. The summed E-state index contributed by atoms with van der Waals surface area (Å²) in [6, 6.07) is 5.90. The summed E-state index contributed by atoms with van der Waals surface area (Å²) < 4.78 is 0.